The van der Waals surface area contributed by atoms with Crippen LogP contribution in [0, 0.1) is 29.5 Å². The van der Waals surface area contributed by atoms with Crippen molar-refractivity contribution in [3.8, 4) is 0 Å². The average molecular weight is 511 g/mol. The van der Waals surface area contributed by atoms with Crippen LogP contribution in [0.25, 0.3) is 0 Å². The Hall–Kier alpha value is -1.96. The van der Waals surface area contributed by atoms with Gasteiger partial charge in [-0.15, -0.1) is 0 Å². The van der Waals surface area contributed by atoms with Crippen LogP contribution in [0.5, 0.6) is 0 Å². The summed E-state index contributed by atoms with van der Waals surface area (Å²) in [7, 11) is 0. The summed E-state index contributed by atoms with van der Waals surface area (Å²) in [6.45, 7) is 2.82. The van der Waals surface area contributed by atoms with E-state index >= 15 is 0 Å². The minimum Gasteiger partial charge on any atom is -0.353 e. The Morgan fingerprint density at radius 1 is 0.833 bits per heavy atom. The lowest BCUT2D eigenvalue weighted by atomic mass is 9.80. The number of amides is 1. The molecule has 1 heterocycles. The molecule has 4 nitrogen and oxygen atoms in total. The van der Waals surface area contributed by atoms with E-state index in [0.717, 1.165) is 64.6 Å². The van der Waals surface area contributed by atoms with Gasteiger partial charge in [0.2, 0.25) is 5.91 Å². The van der Waals surface area contributed by atoms with Gasteiger partial charge < -0.3 is 10.2 Å². The second-order valence-electron chi connectivity index (χ2n) is 11.1. The molecule has 0 radical (unpaired) electrons. The Bertz CT molecular complexity index is 865. The Kier molecular flexibility index (Phi) is 9.07. The van der Waals surface area contributed by atoms with E-state index in [2.05, 4.69) is 10.2 Å². The predicted octanol–water partition coefficient (Wildman–Crippen LogP) is 6.15. The molecule has 36 heavy (non-hydrogen) atoms. The number of hydrogen-bond donors (Lipinski definition) is 1. The van der Waals surface area contributed by atoms with Gasteiger partial charge in [0, 0.05) is 23.4 Å². The highest BCUT2D eigenvalue weighted by molar-refractivity contribution is 5.97. The van der Waals surface area contributed by atoms with Crippen molar-refractivity contribution in [2.75, 3.05) is 19.6 Å². The van der Waals surface area contributed by atoms with Gasteiger partial charge in [0.25, 0.3) is 0 Å². The van der Waals surface area contributed by atoms with Crippen molar-refractivity contribution in [2.24, 2.45) is 23.7 Å². The Labute approximate surface area is 211 Å². The minimum absolute atomic E-state index is 0.00859. The molecule has 2 saturated carbocycles. The van der Waals surface area contributed by atoms with Crippen molar-refractivity contribution in [3.63, 3.8) is 0 Å². The zero-order valence-electron chi connectivity index (χ0n) is 20.9. The van der Waals surface area contributed by atoms with Crippen LogP contribution in [0.1, 0.15) is 81.0 Å². The van der Waals surface area contributed by atoms with Crippen molar-refractivity contribution in [2.45, 2.75) is 82.8 Å². The highest BCUT2D eigenvalue weighted by atomic mass is 19.4. The first-order chi connectivity index (χ1) is 17.2. The summed E-state index contributed by atoms with van der Waals surface area (Å²) in [4.78, 5) is 27.7. The maximum atomic E-state index is 13.1. The van der Waals surface area contributed by atoms with Gasteiger partial charge in [-0.05, 0) is 120 Å². The number of halogens is 4. The quantitative estimate of drug-likeness (QED) is 0.353. The Morgan fingerprint density at radius 3 is 2.03 bits per heavy atom. The number of hydrogen-bond acceptors (Lipinski definition) is 3. The number of carbonyl (C=O) groups is 2. The summed E-state index contributed by atoms with van der Waals surface area (Å²) in [6.07, 6.45) is 3.41. The number of nitrogens with zero attached hydrogens (tertiary/aromatic N) is 1. The van der Waals surface area contributed by atoms with E-state index < -0.39 is 12.1 Å². The van der Waals surface area contributed by atoms with Gasteiger partial charge in [-0.2, -0.15) is 13.2 Å². The molecular formula is C28H38F4N2O2. The minimum atomic E-state index is -4.14. The standard InChI is InChI=1S/C28H38F4N2O2/c29-24-9-5-20(6-10-24)26(35)21-14-17-34(18-15-21)16-13-19-1-11-25(12-2-19)33-27(36)22-3-7-23(8-4-22)28(30,31)32/h5-6,9-10,19,21-23,25H,1-4,7-8,11-18H2,(H,33,36)/t19-,22?,23?,25-. The Morgan fingerprint density at radius 2 is 1.44 bits per heavy atom. The fourth-order valence-corrected chi connectivity index (χ4v) is 6.23. The van der Waals surface area contributed by atoms with Gasteiger partial charge in [0.05, 0.1) is 5.92 Å². The lowest BCUT2D eigenvalue weighted by Gasteiger charge is -2.35. The van der Waals surface area contributed by atoms with E-state index in [1.165, 1.54) is 12.1 Å². The predicted molar refractivity (Wildman–Crippen MR) is 130 cm³/mol. The molecule has 1 saturated heterocycles. The molecule has 1 aromatic carbocycles. The van der Waals surface area contributed by atoms with Crippen molar-refractivity contribution < 1.29 is 27.2 Å². The van der Waals surface area contributed by atoms with E-state index in [1.54, 1.807) is 12.1 Å². The zero-order chi connectivity index (χ0) is 25.7. The lowest BCUT2D eigenvalue weighted by Crippen LogP contribution is -2.43. The monoisotopic (exact) mass is 510 g/mol. The molecule has 1 aliphatic heterocycles. The maximum Gasteiger partial charge on any atom is 0.391 e. The summed E-state index contributed by atoms with van der Waals surface area (Å²) < 4.78 is 51.7. The fourth-order valence-electron chi connectivity index (χ4n) is 6.23. The SMILES string of the molecule is O=C(N[C@H]1CC[C@H](CCN2CCC(C(=O)c3ccc(F)cc3)CC2)CC1)C1CCC(C(F)(F)F)CC1. The molecule has 0 aromatic heterocycles. The number of likely N-dealkylation sites (tertiary alicyclic amines) is 1. The normalized spacial score (nSPS) is 28.6. The smallest absolute Gasteiger partial charge is 0.353 e. The fraction of sp³-hybridized carbons (Fsp3) is 0.714. The van der Waals surface area contributed by atoms with Crippen LogP contribution in [-0.2, 0) is 4.79 Å². The first-order valence-electron chi connectivity index (χ1n) is 13.6. The number of carbonyl (C=O) groups excluding carboxylic acids is 2. The van der Waals surface area contributed by atoms with Gasteiger partial charge in [-0.1, -0.05) is 0 Å². The van der Waals surface area contributed by atoms with Crippen LogP contribution in [0.2, 0.25) is 0 Å². The van der Waals surface area contributed by atoms with Crippen LogP contribution in [-0.4, -0.2) is 48.4 Å². The molecule has 1 aromatic rings. The van der Waals surface area contributed by atoms with Crippen LogP contribution in [0.15, 0.2) is 24.3 Å². The molecule has 4 rings (SSSR count). The summed E-state index contributed by atoms with van der Waals surface area (Å²) in [6, 6.07) is 5.96. The number of piperidine rings is 1. The third kappa shape index (κ3) is 7.30. The molecule has 8 heteroatoms. The molecule has 2 aliphatic carbocycles. The second kappa shape index (κ2) is 12.1. The summed E-state index contributed by atoms with van der Waals surface area (Å²) >= 11 is 0. The molecule has 1 N–H and O–H groups in total. The highest BCUT2D eigenvalue weighted by Crippen LogP contribution is 2.39. The summed E-state index contributed by atoms with van der Waals surface area (Å²) in [5.74, 6) is -1.17. The number of nitrogens with one attached hydrogen (secondary N) is 1. The topological polar surface area (TPSA) is 49.4 Å². The Balaban J connectivity index is 1.10. The van der Waals surface area contributed by atoms with Crippen molar-refractivity contribution in [3.05, 3.63) is 35.6 Å². The van der Waals surface area contributed by atoms with Gasteiger partial charge in [0.1, 0.15) is 5.82 Å². The van der Waals surface area contributed by atoms with Gasteiger partial charge in [0.15, 0.2) is 5.78 Å². The molecule has 200 valence electrons. The van der Waals surface area contributed by atoms with Crippen molar-refractivity contribution in [1.82, 2.24) is 10.2 Å². The number of ketones is 1. The first-order valence-corrected chi connectivity index (χ1v) is 13.6. The number of rotatable bonds is 7. The van der Waals surface area contributed by atoms with Crippen LogP contribution in [0.3, 0.4) is 0 Å². The average Bonchev–Trinajstić information content (AvgIpc) is 2.88. The van der Waals surface area contributed by atoms with Crippen molar-refractivity contribution >= 4 is 11.7 Å². The molecule has 0 bridgehead atoms. The highest BCUT2D eigenvalue weighted by Gasteiger charge is 2.42. The maximum absolute atomic E-state index is 13.1. The molecule has 0 spiro atoms. The molecular weight excluding hydrogens is 472 g/mol. The van der Waals surface area contributed by atoms with Gasteiger partial charge in [-0.3, -0.25) is 9.59 Å². The second-order valence-corrected chi connectivity index (χ2v) is 11.1. The largest absolute Gasteiger partial charge is 0.391 e. The third-order valence-electron chi connectivity index (χ3n) is 8.69. The molecule has 0 unspecified atom stereocenters. The van der Waals surface area contributed by atoms with Crippen LogP contribution >= 0.6 is 0 Å². The first kappa shape index (κ1) is 27.1. The van der Waals surface area contributed by atoms with Crippen LogP contribution in [0.4, 0.5) is 17.6 Å². The third-order valence-corrected chi connectivity index (χ3v) is 8.69. The lowest BCUT2D eigenvalue weighted by molar-refractivity contribution is -0.184. The summed E-state index contributed by atoms with van der Waals surface area (Å²) in [5.41, 5.74) is 0.590. The summed E-state index contributed by atoms with van der Waals surface area (Å²) in [5, 5.41) is 3.12. The molecule has 3 aliphatic rings. The van der Waals surface area contributed by atoms with Crippen molar-refractivity contribution in [1.29, 1.82) is 0 Å². The zero-order valence-corrected chi connectivity index (χ0v) is 20.9. The van der Waals surface area contributed by atoms with E-state index in [9.17, 15) is 27.2 Å². The number of Topliss-reactive ketones (excluding diaryl/α,β-unsaturated/α-hetero) is 1. The molecule has 0 atom stereocenters. The van der Waals surface area contributed by atoms with Crippen LogP contribution < -0.4 is 5.32 Å². The molecule has 1 amide bonds. The number of benzene rings is 1. The van der Waals surface area contributed by atoms with Gasteiger partial charge in [-0.25, -0.2) is 4.39 Å². The van der Waals surface area contributed by atoms with E-state index in [1.807, 2.05) is 0 Å². The molecule has 3 fully saturated rings. The van der Waals surface area contributed by atoms with E-state index in [-0.39, 0.29) is 48.2 Å². The van der Waals surface area contributed by atoms with E-state index in [0.29, 0.717) is 24.3 Å². The van der Waals surface area contributed by atoms with E-state index in [4.69, 9.17) is 0 Å². The number of alkyl halides is 3. The van der Waals surface area contributed by atoms with Gasteiger partial charge >= 0.3 is 6.18 Å².